The molecule has 3 N–H and O–H groups in total. The summed E-state index contributed by atoms with van der Waals surface area (Å²) in [6.07, 6.45) is 1.47. The summed E-state index contributed by atoms with van der Waals surface area (Å²) in [4.78, 5) is 21.4. The van der Waals surface area contributed by atoms with Crippen molar-refractivity contribution in [2.75, 3.05) is 11.6 Å². The lowest BCUT2D eigenvalue weighted by molar-refractivity contribution is -0.140. The highest BCUT2D eigenvalue weighted by atomic mass is 35.5. The molecule has 1 aliphatic rings. The van der Waals surface area contributed by atoms with E-state index in [9.17, 15) is 9.59 Å². The highest BCUT2D eigenvalue weighted by molar-refractivity contribution is 6.30. The molecule has 110 valence electrons. The highest BCUT2D eigenvalue weighted by Gasteiger charge is 2.18. The summed E-state index contributed by atoms with van der Waals surface area (Å²) in [7, 11) is 0. The molecule has 1 aliphatic heterocycles. The highest BCUT2D eigenvalue weighted by Crippen LogP contribution is 2.21. The van der Waals surface area contributed by atoms with Gasteiger partial charge in [-0.2, -0.15) is 5.10 Å². The van der Waals surface area contributed by atoms with Gasteiger partial charge in [0.1, 0.15) is 5.84 Å². The van der Waals surface area contributed by atoms with Crippen molar-refractivity contribution >= 4 is 35.1 Å². The molecule has 0 spiro atoms. The van der Waals surface area contributed by atoms with Crippen LogP contribution in [-0.4, -0.2) is 34.5 Å². The van der Waals surface area contributed by atoms with Crippen molar-refractivity contribution < 1.29 is 19.8 Å². The van der Waals surface area contributed by atoms with Gasteiger partial charge >= 0.3 is 11.9 Å². The van der Waals surface area contributed by atoms with E-state index in [0.717, 1.165) is 11.9 Å². The Balaban J connectivity index is 2.07. The largest absolute Gasteiger partial charge is 0.477 e. The summed E-state index contributed by atoms with van der Waals surface area (Å²) in [5.74, 6) is -2.53. The molecule has 0 aliphatic carbocycles. The van der Waals surface area contributed by atoms with Gasteiger partial charge in [-0.1, -0.05) is 11.6 Å². The first-order valence-corrected chi connectivity index (χ1v) is 6.39. The van der Waals surface area contributed by atoms with Crippen LogP contribution in [0.5, 0.6) is 0 Å². The summed E-state index contributed by atoms with van der Waals surface area (Å²) in [6.45, 7) is 0.604. The number of hydrazone groups is 1. The van der Waals surface area contributed by atoms with Crippen LogP contribution in [0.2, 0.25) is 5.02 Å². The maximum Gasteiger partial charge on any atom is 0.344 e. The molecule has 0 saturated heterocycles. The van der Waals surface area contributed by atoms with Crippen molar-refractivity contribution in [3.63, 3.8) is 0 Å². The number of benzene rings is 1. The van der Waals surface area contributed by atoms with Crippen LogP contribution in [0.3, 0.4) is 0 Å². The fourth-order valence-corrected chi connectivity index (χ4v) is 1.85. The minimum atomic E-state index is -1.51. The van der Waals surface area contributed by atoms with Crippen LogP contribution in [0.15, 0.2) is 41.1 Å². The molecule has 0 amide bonds. The number of nitrogens with one attached hydrogen (secondary N) is 1. The van der Waals surface area contributed by atoms with Gasteiger partial charge in [-0.15, -0.1) is 0 Å². The fraction of sp³-hybridized carbons (Fsp3) is 0.154. The molecule has 8 heteroatoms. The predicted octanol–water partition coefficient (Wildman–Crippen LogP) is 1.51. The fourth-order valence-electron chi connectivity index (χ4n) is 1.73. The second kappa shape index (κ2) is 6.27. The number of halogens is 1. The number of amidine groups is 1. The molecular weight excluding hydrogens is 298 g/mol. The van der Waals surface area contributed by atoms with Crippen LogP contribution in [0.25, 0.3) is 0 Å². The zero-order chi connectivity index (χ0) is 15.4. The minimum absolute atomic E-state index is 0.491. The number of aliphatic carboxylic acids is 2. The first kappa shape index (κ1) is 14.9. The second-order valence-electron chi connectivity index (χ2n) is 4.21. The lowest BCUT2D eigenvalue weighted by atomic mass is 10.3. The van der Waals surface area contributed by atoms with Gasteiger partial charge in [0.2, 0.25) is 0 Å². The van der Waals surface area contributed by atoms with Gasteiger partial charge in [0, 0.05) is 24.2 Å². The molecule has 7 nitrogen and oxygen atoms in total. The Kier molecular flexibility index (Phi) is 4.44. The van der Waals surface area contributed by atoms with Crippen molar-refractivity contribution in [3.05, 3.63) is 41.1 Å². The Morgan fingerprint density at radius 3 is 2.43 bits per heavy atom. The lowest BCUT2D eigenvalue weighted by Gasteiger charge is -2.12. The summed E-state index contributed by atoms with van der Waals surface area (Å²) in [6, 6.07) is 7.10. The number of carboxylic acids is 2. The van der Waals surface area contributed by atoms with Crippen molar-refractivity contribution in [1.82, 2.24) is 5.32 Å². The summed E-state index contributed by atoms with van der Waals surface area (Å²) < 4.78 is 0. The van der Waals surface area contributed by atoms with E-state index in [1.165, 1.54) is 0 Å². The third-order valence-corrected chi connectivity index (χ3v) is 3.02. The quantitative estimate of drug-likeness (QED) is 0.442. The topological polar surface area (TPSA) is 102 Å². The van der Waals surface area contributed by atoms with Crippen LogP contribution in [0, 0.1) is 0 Å². The van der Waals surface area contributed by atoms with E-state index in [2.05, 4.69) is 10.4 Å². The molecule has 1 heterocycles. The van der Waals surface area contributed by atoms with Crippen LogP contribution in [0.1, 0.15) is 6.42 Å². The average Bonchev–Trinajstić information content (AvgIpc) is 2.87. The maximum atomic E-state index is 10.7. The Morgan fingerprint density at radius 1 is 1.24 bits per heavy atom. The molecule has 2 rings (SSSR count). The average molecular weight is 310 g/mol. The van der Waals surface area contributed by atoms with Gasteiger partial charge in [0.05, 0.1) is 5.69 Å². The van der Waals surface area contributed by atoms with E-state index < -0.39 is 17.5 Å². The third kappa shape index (κ3) is 3.73. The predicted molar refractivity (Wildman–Crippen MR) is 77.3 cm³/mol. The third-order valence-electron chi connectivity index (χ3n) is 2.77. The molecular formula is C13H12ClN3O4. The Morgan fingerprint density at radius 2 is 1.86 bits per heavy atom. The van der Waals surface area contributed by atoms with E-state index in [4.69, 9.17) is 21.8 Å². The molecule has 0 saturated carbocycles. The standard InChI is InChI=1S/C13H12ClN3O4/c14-8-1-3-9(4-2-8)17-6-5-11(16-17)15-7-10(12(18)19)13(20)21/h1-4,7H,5-6H2,(H,15,16)(H,18,19)(H,20,21). The van der Waals surface area contributed by atoms with Gasteiger partial charge < -0.3 is 15.5 Å². The number of anilines is 1. The summed E-state index contributed by atoms with van der Waals surface area (Å²) in [5.41, 5.74) is 0.0968. The van der Waals surface area contributed by atoms with Gasteiger partial charge in [0.25, 0.3) is 0 Å². The van der Waals surface area contributed by atoms with Crippen molar-refractivity contribution in [3.8, 4) is 0 Å². The minimum Gasteiger partial charge on any atom is -0.477 e. The van der Waals surface area contributed by atoms with E-state index >= 15 is 0 Å². The normalized spacial score (nSPS) is 13.6. The molecule has 1 aromatic rings. The van der Waals surface area contributed by atoms with Gasteiger partial charge in [-0.05, 0) is 24.3 Å². The maximum absolute atomic E-state index is 10.7. The van der Waals surface area contributed by atoms with Crippen LogP contribution >= 0.6 is 11.6 Å². The molecule has 0 atom stereocenters. The second-order valence-corrected chi connectivity index (χ2v) is 4.65. The Bertz CT molecular complexity index is 609. The number of carboxylic acid groups (broad SMARTS) is 2. The van der Waals surface area contributed by atoms with Gasteiger partial charge in [-0.25, -0.2) is 9.59 Å². The first-order chi connectivity index (χ1) is 9.97. The van der Waals surface area contributed by atoms with Crippen LogP contribution < -0.4 is 10.3 Å². The van der Waals surface area contributed by atoms with E-state index in [0.29, 0.717) is 23.8 Å². The van der Waals surface area contributed by atoms with Crippen LogP contribution in [-0.2, 0) is 9.59 Å². The first-order valence-electron chi connectivity index (χ1n) is 6.01. The number of rotatable bonds is 4. The molecule has 0 fully saturated rings. The van der Waals surface area contributed by atoms with Crippen molar-refractivity contribution in [2.24, 2.45) is 5.10 Å². The number of nitrogens with zero attached hydrogens (tertiary/aromatic N) is 2. The molecule has 21 heavy (non-hydrogen) atoms. The SMILES string of the molecule is O=C(O)C(=CNC1=NN(c2ccc(Cl)cc2)CC1)C(=O)O. The van der Waals surface area contributed by atoms with Crippen molar-refractivity contribution in [1.29, 1.82) is 0 Å². The van der Waals surface area contributed by atoms with E-state index in [-0.39, 0.29) is 0 Å². The van der Waals surface area contributed by atoms with Gasteiger partial charge in [0.15, 0.2) is 5.57 Å². The molecule has 0 aromatic heterocycles. The number of carbonyl (C=O) groups is 2. The Labute approximate surface area is 125 Å². The number of hydrogen-bond donors (Lipinski definition) is 3. The van der Waals surface area contributed by atoms with E-state index in [1.807, 2.05) is 12.1 Å². The van der Waals surface area contributed by atoms with Crippen LogP contribution in [0.4, 0.5) is 5.69 Å². The summed E-state index contributed by atoms with van der Waals surface area (Å²) >= 11 is 5.81. The number of hydrogen-bond acceptors (Lipinski definition) is 5. The van der Waals surface area contributed by atoms with Crippen molar-refractivity contribution in [2.45, 2.75) is 6.42 Å². The molecule has 1 aromatic carbocycles. The van der Waals surface area contributed by atoms with Gasteiger partial charge in [-0.3, -0.25) is 5.01 Å². The van der Waals surface area contributed by atoms with E-state index in [1.54, 1.807) is 17.1 Å². The smallest absolute Gasteiger partial charge is 0.344 e. The zero-order valence-corrected chi connectivity index (χ0v) is 11.5. The molecule has 0 radical (unpaired) electrons. The Hall–Kier alpha value is -2.54. The summed E-state index contributed by atoms with van der Waals surface area (Å²) in [5, 5.41) is 26.6. The molecule has 0 bridgehead atoms. The monoisotopic (exact) mass is 309 g/mol. The lowest BCUT2D eigenvalue weighted by Crippen LogP contribution is -2.20. The molecule has 0 unspecified atom stereocenters. The zero-order valence-electron chi connectivity index (χ0n) is 10.8.